The lowest BCUT2D eigenvalue weighted by molar-refractivity contribution is -0.373. The Kier molecular flexibility index (Phi) is 6.92. The Balaban J connectivity index is 4.97. The predicted molar refractivity (Wildman–Crippen MR) is 77.6 cm³/mol. The Morgan fingerprint density at radius 2 is 1.80 bits per heavy atom. The van der Waals surface area contributed by atoms with Gasteiger partial charge >= 0.3 is 0 Å². The summed E-state index contributed by atoms with van der Waals surface area (Å²) in [6.07, 6.45) is 2.36. The largest absolute Gasteiger partial charge is 0.288 e. The van der Waals surface area contributed by atoms with Crippen molar-refractivity contribution in [1.29, 1.82) is 0 Å². The van der Waals surface area contributed by atoms with Crippen LogP contribution in [0.5, 0.6) is 0 Å². The van der Waals surface area contributed by atoms with Gasteiger partial charge in [-0.2, -0.15) is 0 Å². The van der Waals surface area contributed by atoms with Crippen LogP contribution < -0.4 is 0 Å². The van der Waals surface area contributed by atoms with Crippen molar-refractivity contribution in [2.24, 2.45) is 16.4 Å². The smallest absolute Gasteiger partial charge is 0.241 e. The number of nitrogens with zero attached hydrogens (tertiary/aromatic N) is 3. The summed E-state index contributed by atoms with van der Waals surface area (Å²) in [6.45, 7) is 13.9. The van der Waals surface area contributed by atoms with E-state index in [4.69, 9.17) is 15.3 Å². The Labute approximate surface area is 120 Å². The molecule has 0 aromatic rings. The summed E-state index contributed by atoms with van der Waals surface area (Å²) in [7, 11) is 0. The molecule has 6 nitrogen and oxygen atoms in total. The van der Waals surface area contributed by atoms with Gasteiger partial charge in [-0.05, 0) is 54.9 Å². The lowest BCUT2D eigenvalue weighted by Gasteiger charge is -2.33. The van der Waals surface area contributed by atoms with E-state index in [2.05, 4.69) is 30.8 Å². The molecule has 0 aliphatic rings. The first-order valence-electron chi connectivity index (χ1n) is 6.59. The minimum absolute atomic E-state index is 0.0300. The van der Waals surface area contributed by atoms with Gasteiger partial charge in [-0.15, -0.1) is 0 Å². The van der Waals surface area contributed by atoms with Gasteiger partial charge in [0.25, 0.3) is 0 Å². The van der Waals surface area contributed by atoms with Crippen molar-refractivity contribution in [2.45, 2.75) is 60.2 Å². The summed E-state index contributed by atoms with van der Waals surface area (Å²) in [5, 5.41) is 2.99. The average Bonchev–Trinajstić information content (AvgIpc) is 2.26. The van der Waals surface area contributed by atoms with E-state index >= 15 is 0 Å². The Bertz CT molecular complexity index is 399. The molecule has 0 heterocycles. The van der Waals surface area contributed by atoms with Gasteiger partial charge in [0.1, 0.15) is 6.10 Å². The van der Waals surface area contributed by atoms with Crippen molar-refractivity contribution in [3.05, 3.63) is 22.6 Å². The number of hydrogen-bond donors (Lipinski definition) is 0. The Morgan fingerprint density at radius 1 is 1.25 bits per heavy atom. The fourth-order valence-electron chi connectivity index (χ4n) is 1.23. The average molecular weight is 283 g/mol. The fraction of sp³-hybridized carbons (Fsp3) is 0.786. The molecule has 6 heteroatoms. The maximum atomic E-state index is 11.2. The molecule has 0 rings (SSSR count). The van der Waals surface area contributed by atoms with Crippen molar-refractivity contribution in [3.8, 4) is 0 Å². The van der Waals surface area contributed by atoms with Gasteiger partial charge in [0.2, 0.25) is 5.91 Å². The molecule has 0 aromatic carbocycles. The first-order chi connectivity index (χ1) is 8.97. The minimum Gasteiger partial charge on any atom is -0.288 e. The zero-order chi connectivity index (χ0) is 16.0. The third-order valence-electron chi connectivity index (χ3n) is 2.84. The molecule has 2 unspecified atom stereocenters. The maximum absolute atomic E-state index is 11.2. The molecule has 2 atom stereocenters. The van der Waals surface area contributed by atoms with Crippen LogP contribution >= 0.6 is 0 Å². The highest BCUT2D eigenvalue weighted by atomic mass is 17.2. The molecule has 0 saturated heterocycles. The van der Waals surface area contributed by atoms with Gasteiger partial charge in [0, 0.05) is 4.91 Å². The fourth-order valence-corrected chi connectivity index (χ4v) is 1.23. The van der Waals surface area contributed by atoms with Gasteiger partial charge in [-0.1, -0.05) is 27.7 Å². The van der Waals surface area contributed by atoms with E-state index in [0.29, 0.717) is 0 Å². The molecule has 0 N–H and O–H groups in total. The highest BCUT2D eigenvalue weighted by Gasteiger charge is 2.29. The van der Waals surface area contributed by atoms with Crippen molar-refractivity contribution < 1.29 is 14.6 Å². The minimum atomic E-state index is -0.655. The summed E-state index contributed by atoms with van der Waals surface area (Å²) in [4.78, 5) is 24.4. The molecule has 0 saturated carbocycles. The van der Waals surface area contributed by atoms with E-state index < -0.39 is 17.6 Å². The summed E-state index contributed by atoms with van der Waals surface area (Å²) in [5.74, 6) is -0.557. The van der Waals surface area contributed by atoms with Crippen molar-refractivity contribution in [2.75, 3.05) is 0 Å². The number of hydrogen-bond acceptors (Lipinski definition) is 3. The van der Waals surface area contributed by atoms with Crippen LogP contribution in [0, 0.1) is 11.3 Å². The highest BCUT2D eigenvalue weighted by molar-refractivity contribution is 5.88. The van der Waals surface area contributed by atoms with Crippen molar-refractivity contribution >= 4 is 5.91 Å². The summed E-state index contributed by atoms with van der Waals surface area (Å²) in [5.41, 5.74) is 7.72. The number of azide groups is 1. The predicted octanol–water partition coefficient (Wildman–Crippen LogP) is 4.18. The molecule has 0 radical (unpaired) electrons. The Hall–Kier alpha value is -1.36. The van der Waals surface area contributed by atoms with Crippen LogP contribution in [0.15, 0.2) is 17.3 Å². The van der Waals surface area contributed by atoms with E-state index in [0.717, 1.165) is 0 Å². The molecule has 0 fully saturated rings. The van der Waals surface area contributed by atoms with Gasteiger partial charge in [0.15, 0.2) is 0 Å². The Morgan fingerprint density at radius 3 is 2.20 bits per heavy atom. The van der Waals surface area contributed by atoms with Gasteiger partial charge in [-0.25, -0.2) is 9.78 Å². The van der Waals surface area contributed by atoms with E-state index in [-0.39, 0.29) is 11.3 Å². The van der Waals surface area contributed by atoms with Crippen LogP contribution in [0.2, 0.25) is 0 Å². The first kappa shape index (κ1) is 18.6. The summed E-state index contributed by atoms with van der Waals surface area (Å²) >= 11 is 0. The molecule has 0 aliphatic heterocycles. The molecular weight excluding hydrogens is 258 g/mol. The molecule has 0 spiro atoms. The quantitative estimate of drug-likeness (QED) is 0.189. The zero-order valence-electron chi connectivity index (χ0n) is 13.4. The highest BCUT2D eigenvalue weighted by Crippen LogP contribution is 2.31. The summed E-state index contributed by atoms with van der Waals surface area (Å²) in [6, 6.07) is 0. The maximum Gasteiger partial charge on any atom is 0.241 e. The molecule has 1 amide bonds. The molecule has 0 aromatic heterocycles. The number of carbonyl (C=O) groups is 1. The monoisotopic (exact) mass is 283 g/mol. The molecule has 20 heavy (non-hydrogen) atoms. The van der Waals surface area contributed by atoms with Crippen LogP contribution in [-0.2, 0) is 14.6 Å². The number of rotatable bonds is 5. The summed E-state index contributed by atoms with van der Waals surface area (Å²) < 4.78 is 0. The molecule has 0 aliphatic carbocycles. The van der Waals surface area contributed by atoms with Gasteiger partial charge in [0.05, 0.1) is 5.60 Å². The molecule has 0 bridgehead atoms. The third kappa shape index (κ3) is 7.94. The van der Waals surface area contributed by atoms with E-state index in [1.807, 2.05) is 27.7 Å². The normalized spacial score (nSPS) is 15.8. The van der Waals surface area contributed by atoms with E-state index in [9.17, 15) is 4.79 Å². The second-order valence-corrected chi connectivity index (χ2v) is 6.80. The van der Waals surface area contributed by atoms with Gasteiger partial charge in [-0.3, -0.25) is 4.79 Å². The van der Waals surface area contributed by atoms with Gasteiger partial charge < -0.3 is 0 Å². The first-order valence-corrected chi connectivity index (χ1v) is 6.59. The van der Waals surface area contributed by atoms with Crippen molar-refractivity contribution in [1.82, 2.24) is 0 Å². The molecular formula is C14H25N3O3. The zero-order valence-corrected chi connectivity index (χ0v) is 13.4. The van der Waals surface area contributed by atoms with Crippen LogP contribution in [0.3, 0.4) is 0 Å². The van der Waals surface area contributed by atoms with Crippen molar-refractivity contribution in [3.63, 3.8) is 0 Å². The van der Waals surface area contributed by atoms with Crippen LogP contribution in [0.25, 0.3) is 10.4 Å². The standard InChI is InChI=1S/C14H25N3O3/c1-10(13(2,3)4)11(19-20-14(5,6)7)8-9-12(18)16-17-15/h8-11H,1-7H3/b9-8+. The molecule has 114 valence electrons. The number of carbonyl (C=O) groups excluding carboxylic acids is 1. The van der Waals surface area contributed by atoms with Crippen LogP contribution in [-0.4, -0.2) is 17.6 Å². The van der Waals surface area contributed by atoms with E-state index in [1.165, 1.54) is 6.08 Å². The second-order valence-electron chi connectivity index (χ2n) is 6.80. The topological polar surface area (TPSA) is 84.3 Å². The van der Waals surface area contributed by atoms with E-state index in [1.54, 1.807) is 6.08 Å². The van der Waals surface area contributed by atoms with Crippen LogP contribution in [0.1, 0.15) is 48.5 Å². The SMILES string of the molecule is CC(C(/C=C/C(=O)N=[N+]=[N-])OOC(C)(C)C)C(C)(C)C. The lowest BCUT2D eigenvalue weighted by atomic mass is 9.78. The lowest BCUT2D eigenvalue weighted by Crippen LogP contribution is -2.33. The second kappa shape index (κ2) is 7.43. The van der Waals surface area contributed by atoms with Crippen LogP contribution in [0.4, 0.5) is 0 Å². The third-order valence-corrected chi connectivity index (χ3v) is 2.84. The number of amides is 1.